The molecule has 0 bridgehead atoms. The van der Waals surface area contributed by atoms with Gasteiger partial charge in [-0.15, -0.1) is 0 Å². The summed E-state index contributed by atoms with van der Waals surface area (Å²) >= 11 is 0. The molecule has 4 heteroatoms. The minimum atomic E-state index is 0.0370. The van der Waals surface area contributed by atoms with E-state index in [9.17, 15) is 5.11 Å². The lowest BCUT2D eigenvalue weighted by Crippen LogP contribution is -2.33. The Bertz CT molecular complexity index is 690. The zero-order valence-corrected chi connectivity index (χ0v) is 24.6. The van der Waals surface area contributed by atoms with E-state index in [-0.39, 0.29) is 12.2 Å². The summed E-state index contributed by atoms with van der Waals surface area (Å²) in [6, 6.07) is 0.367. The quantitative estimate of drug-likeness (QED) is 0.155. The number of aliphatic hydroxyl groups is 2. The van der Waals surface area contributed by atoms with Gasteiger partial charge in [0, 0.05) is 19.1 Å². The minimum absolute atomic E-state index is 0.0370. The number of aliphatic hydroxyl groups excluding tert-OH is 2. The summed E-state index contributed by atoms with van der Waals surface area (Å²) < 4.78 is 5.96. The molecule has 0 aromatic heterocycles. The average Bonchev–Trinajstić information content (AvgIpc) is 2.86. The molecule has 1 aliphatic heterocycles. The van der Waals surface area contributed by atoms with Crippen molar-refractivity contribution in [2.75, 3.05) is 20.3 Å². The summed E-state index contributed by atoms with van der Waals surface area (Å²) in [5, 5.41) is 22.1. The van der Waals surface area contributed by atoms with Crippen molar-refractivity contribution in [2.24, 2.45) is 5.92 Å². The first-order chi connectivity index (χ1) is 16.5. The molecule has 3 atom stereocenters. The Labute approximate surface area is 217 Å². The first kappa shape index (κ1) is 35.5. The molecule has 1 saturated heterocycles. The lowest BCUT2D eigenvalue weighted by molar-refractivity contribution is -0.0469. The van der Waals surface area contributed by atoms with E-state index in [1.807, 2.05) is 34.7 Å². The monoisotopic (exact) mass is 491 g/mol. The van der Waals surface area contributed by atoms with E-state index < -0.39 is 0 Å². The molecule has 3 N–H and O–H groups in total. The van der Waals surface area contributed by atoms with Crippen LogP contribution in [0.25, 0.3) is 0 Å². The van der Waals surface area contributed by atoms with Crippen LogP contribution < -0.4 is 5.32 Å². The first-order valence-corrected chi connectivity index (χ1v) is 13.5. The van der Waals surface area contributed by atoms with Crippen LogP contribution in [0.3, 0.4) is 0 Å². The summed E-state index contributed by atoms with van der Waals surface area (Å²) in [4.78, 5) is 0. The molecule has 1 aliphatic rings. The van der Waals surface area contributed by atoms with Gasteiger partial charge >= 0.3 is 0 Å². The highest BCUT2D eigenvalue weighted by molar-refractivity contribution is 5.30. The van der Waals surface area contributed by atoms with Gasteiger partial charge in [-0.1, -0.05) is 76.6 Å². The molecule has 0 radical (unpaired) electrons. The third-order valence-electron chi connectivity index (χ3n) is 6.75. The Morgan fingerprint density at radius 2 is 1.83 bits per heavy atom. The predicted molar refractivity (Wildman–Crippen MR) is 155 cm³/mol. The van der Waals surface area contributed by atoms with Gasteiger partial charge in [-0.25, -0.2) is 0 Å². The number of rotatable bonds is 11. The summed E-state index contributed by atoms with van der Waals surface area (Å²) in [5.41, 5.74) is 4.43. The Kier molecular flexibility index (Phi) is 20.9. The zero-order valence-electron chi connectivity index (χ0n) is 24.6. The molecule has 1 heterocycles. The van der Waals surface area contributed by atoms with Gasteiger partial charge in [0.1, 0.15) is 0 Å². The van der Waals surface area contributed by atoms with Gasteiger partial charge in [0.05, 0.1) is 18.0 Å². The Morgan fingerprint density at radius 1 is 1.20 bits per heavy atom. The lowest BCUT2D eigenvalue weighted by atomic mass is 9.89. The van der Waals surface area contributed by atoms with Crippen molar-refractivity contribution >= 4 is 0 Å². The summed E-state index contributed by atoms with van der Waals surface area (Å²) in [6.45, 7) is 23.4. The fourth-order valence-electron chi connectivity index (χ4n) is 3.59. The molecule has 1 fully saturated rings. The lowest BCUT2D eigenvalue weighted by Gasteiger charge is -2.35. The molecule has 0 aliphatic carbocycles. The van der Waals surface area contributed by atoms with Gasteiger partial charge in [-0.05, 0) is 83.9 Å². The van der Waals surface area contributed by atoms with Gasteiger partial charge in [-0.3, -0.25) is 0 Å². The summed E-state index contributed by atoms with van der Waals surface area (Å²) in [6.07, 6.45) is 14.1. The Balaban J connectivity index is 0. The fraction of sp³-hybridized carbons (Fsp3) is 0.677. The zero-order chi connectivity index (χ0) is 27.4. The van der Waals surface area contributed by atoms with Crippen molar-refractivity contribution in [3.8, 4) is 0 Å². The molecule has 3 unspecified atom stereocenters. The van der Waals surface area contributed by atoms with Crippen molar-refractivity contribution < 1.29 is 14.9 Å². The molecular weight excluding hydrogens is 434 g/mol. The highest BCUT2D eigenvalue weighted by atomic mass is 16.5. The smallest absolute Gasteiger partial charge is 0.0994 e. The molecule has 4 nitrogen and oxygen atoms in total. The molecule has 0 amide bonds. The van der Waals surface area contributed by atoms with Crippen LogP contribution in [0, 0.1) is 5.92 Å². The molecule has 0 saturated carbocycles. The largest absolute Gasteiger partial charge is 0.512 e. The molecular formula is C31H57NO3. The predicted octanol–water partition coefficient (Wildman–Crippen LogP) is 8.22. The van der Waals surface area contributed by atoms with Crippen LogP contribution >= 0.6 is 0 Å². The standard InChI is InChI=1S/C17H28O2.C12H23NO.C2H6/c1-7-17(6)9-8-15(11-19-17)13(4)10-16(18)14(5)12(2)3;1-4-5-6-7-8-11(2)12(13-3)9-10-14;1-2/h18H,2,7-11H2,1,3-6H3;5-8,11-14H,4,9-10H2,1-3H3;1-2H3/b15-13-,16-14+;6-5-,8-7-;. The van der Waals surface area contributed by atoms with Gasteiger partial charge in [0.15, 0.2) is 0 Å². The van der Waals surface area contributed by atoms with Gasteiger partial charge in [0.2, 0.25) is 0 Å². The molecule has 1 rings (SSSR count). The van der Waals surface area contributed by atoms with Crippen LogP contribution in [0.15, 0.2) is 58.9 Å². The van der Waals surface area contributed by atoms with Gasteiger partial charge < -0.3 is 20.3 Å². The van der Waals surface area contributed by atoms with Crippen molar-refractivity contribution in [3.63, 3.8) is 0 Å². The third-order valence-corrected chi connectivity index (χ3v) is 6.75. The highest BCUT2D eigenvalue weighted by Crippen LogP contribution is 2.32. The molecule has 0 aromatic carbocycles. The second kappa shape index (κ2) is 20.6. The SMILES string of the molecule is C=C(C)/C(C)=C(/O)C/C(C)=C1/CCC(C)(CC)OC1.CC.CC/C=C\C=C/C(C)C(CCO)NC. The van der Waals surface area contributed by atoms with E-state index in [2.05, 4.69) is 70.8 Å². The number of nitrogens with one attached hydrogen (secondary N) is 1. The minimum Gasteiger partial charge on any atom is -0.512 e. The Morgan fingerprint density at radius 3 is 2.26 bits per heavy atom. The van der Waals surface area contributed by atoms with E-state index in [1.54, 1.807) is 0 Å². The van der Waals surface area contributed by atoms with Crippen LogP contribution in [0.4, 0.5) is 0 Å². The Hall–Kier alpha value is -1.62. The molecule has 0 aromatic rings. The summed E-state index contributed by atoms with van der Waals surface area (Å²) in [7, 11) is 1.94. The van der Waals surface area contributed by atoms with Crippen LogP contribution in [0.5, 0.6) is 0 Å². The molecule has 35 heavy (non-hydrogen) atoms. The second-order valence-corrected chi connectivity index (χ2v) is 9.49. The van der Waals surface area contributed by atoms with Crippen molar-refractivity contribution in [3.05, 3.63) is 58.9 Å². The highest BCUT2D eigenvalue weighted by Gasteiger charge is 2.28. The van der Waals surface area contributed by atoms with Crippen molar-refractivity contribution in [2.45, 2.75) is 112 Å². The third kappa shape index (κ3) is 15.2. The van der Waals surface area contributed by atoms with E-state index >= 15 is 0 Å². The van der Waals surface area contributed by atoms with Crippen molar-refractivity contribution in [1.29, 1.82) is 0 Å². The summed E-state index contributed by atoms with van der Waals surface area (Å²) in [5.74, 6) is 0.884. The van der Waals surface area contributed by atoms with E-state index in [1.165, 1.54) is 11.1 Å². The van der Waals surface area contributed by atoms with Crippen LogP contribution in [-0.4, -0.2) is 42.1 Å². The maximum absolute atomic E-state index is 10.1. The van der Waals surface area contributed by atoms with Gasteiger partial charge in [0.25, 0.3) is 0 Å². The number of hydrogen-bond donors (Lipinski definition) is 3. The normalized spacial score (nSPS) is 21.9. The number of ether oxygens (including phenoxy) is 1. The van der Waals surface area contributed by atoms with Crippen molar-refractivity contribution in [1.82, 2.24) is 5.32 Å². The topological polar surface area (TPSA) is 61.7 Å². The maximum atomic E-state index is 10.1. The maximum Gasteiger partial charge on any atom is 0.0994 e. The molecule has 204 valence electrons. The molecule has 0 spiro atoms. The van der Waals surface area contributed by atoms with Gasteiger partial charge in [-0.2, -0.15) is 0 Å². The van der Waals surface area contributed by atoms with Crippen LogP contribution in [0.1, 0.15) is 101 Å². The van der Waals surface area contributed by atoms with Crippen LogP contribution in [0.2, 0.25) is 0 Å². The second-order valence-electron chi connectivity index (χ2n) is 9.49. The number of hydrogen-bond acceptors (Lipinski definition) is 4. The van der Waals surface area contributed by atoms with E-state index in [0.717, 1.165) is 43.3 Å². The van der Waals surface area contributed by atoms with E-state index in [0.29, 0.717) is 30.7 Å². The van der Waals surface area contributed by atoms with Crippen LogP contribution in [-0.2, 0) is 4.74 Å². The fourth-order valence-corrected chi connectivity index (χ4v) is 3.59. The average molecular weight is 492 g/mol. The number of allylic oxidation sites excluding steroid dienone is 6. The van der Waals surface area contributed by atoms with E-state index in [4.69, 9.17) is 9.84 Å². The first-order valence-electron chi connectivity index (χ1n) is 13.5.